The van der Waals surface area contributed by atoms with Gasteiger partial charge in [0, 0.05) is 11.8 Å². The molecule has 1 saturated carbocycles. The highest BCUT2D eigenvalue weighted by atomic mass is 32.2. The third kappa shape index (κ3) is 3.83. The summed E-state index contributed by atoms with van der Waals surface area (Å²) in [6.07, 6.45) is 5.90. The fraction of sp³-hybridized carbons (Fsp3) is 0.529. The first-order valence-electron chi connectivity index (χ1n) is 8.15. The number of nitrogens with zero attached hydrogens (tertiary/aromatic N) is 2. The molecule has 0 saturated heterocycles. The van der Waals surface area contributed by atoms with Crippen molar-refractivity contribution in [3.05, 3.63) is 24.3 Å². The van der Waals surface area contributed by atoms with E-state index in [1.54, 1.807) is 11.8 Å². The summed E-state index contributed by atoms with van der Waals surface area (Å²) in [6.45, 7) is 2.58. The first-order chi connectivity index (χ1) is 10.8. The predicted octanol–water partition coefficient (Wildman–Crippen LogP) is 3.60. The molecule has 118 valence electrons. The van der Waals surface area contributed by atoms with Gasteiger partial charge in [-0.25, -0.2) is 4.98 Å². The summed E-state index contributed by atoms with van der Waals surface area (Å²) >= 11 is 1.76. The zero-order chi connectivity index (χ0) is 15.4. The van der Waals surface area contributed by atoms with Crippen LogP contribution in [-0.4, -0.2) is 27.3 Å². The Morgan fingerprint density at radius 3 is 2.95 bits per heavy atom. The Kier molecular flexibility index (Phi) is 5.03. The third-order valence-corrected chi connectivity index (χ3v) is 4.91. The van der Waals surface area contributed by atoms with Gasteiger partial charge in [-0.2, -0.15) is 0 Å². The maximum Gasteiger partial charge on any atom is 0.240 e. The number of thioether (sulfide) groups is 1. The quantitative estimate of drug-likeness (QED) is 0.598. The van der Waals surface area contributed by atoms with Crippen LogP contribution >= 0.6 is 11.8 Å². The van der Waals surface area contributed by atoms with Gasteiger partial charge >= 0.3 is 0 Å². The van der Waals surface area contributed by atoms with Crippen LogP contribution in [0.1, 0.15) is 39.0 Å². The highest BCUT2D eigenvalue weighted by molar-refractivity contribution is 7.99. The molecule has 0 spiro atoms. The second-order valence-electron chi connectivity index (χ2n) is 5.87. The monoisotopic (exact) mass is 317 g/mol. The molecular formula is C17H23N3OS. The Hall–Kier alpha value is -1.49. The van der Waals surface area contributed by atoms with E-state index in [2.05, 4.69) is 16.8 Å². The Morgan fingerprint density at radius 2 is 2.18 bits per heavy atom. The molecule has 5 heteroatoms. The van der Waals surface area contributed by atoms with Gasteiger partial charge in [0.15, 0.2) is 5.16 Å². The maximum absolute atomic E-state index is 12.2. The van der Waals surface area contributed by atoms with Crippen molar-refractivity contribution >= 4 is 28.7 Å². The van der Waals surface area contributed by atoms with Crippen LogP contribution in [0, 0.1) is 0 Å². The number of rotatable bonds is 8. The summed E-state index contributed by atoms with van der Waals surface area (Å²) in [5, 5.41) is 4.02. The molecule has 1 aliphatic rings. The number of nitrogens with one attached hydrogen (secondary N) is 1. The van der Waals surface area contributed by atoms with Crippen molar-refractivity contribution in [1.82, 2.24) is 14.9 Å². The lowest BCUT2D eigenvalue weighted by Gasteiger charge is -2.09. The van der Waals surface area contributed by atoms with Crippen molar-refractivity contribution in [2.75, 3.05) is 5.75 Å². The Labute approximate surface area is 135 Å². The number of para-hydroxylation sites is 2. The van der Waals surface area contributed by atoms with E-state index in [0.29, 0.717) is 12.6 Å². The summed E-state index contributed by atoms with van der Waals surface area (Å²) in [4.78, 5) is 16.9. The Balaban J connectivity index is 1.75. The first-order valence-corrected chi connectivity index (χ1v) is 9.14. The molecular weight excluding hydrogens is 294 g/mol. The largest absolute Gasteiger partial charge is 0.352 e. The van der Waals surface area contributed by atoms with Gasteiger partial charge in [0.05, 0.1) is 11.0 Å². The van der Waals surface area contributed by atoms with Crippen LogP contribution in [0.5, 0.6) is 0 Å². The number of carbonyl (C=O) groups excluding carboxylic acids is 1. The number of hydrogen-bond donors (Lipinski definition) is 1. The van der Waals surface area contributed by atoms with Gasteiger partial charge in [0.25, 0.3) is 0 Å². The fourth-order valence-corrected chi connectivity index (χ4v) is 3.49. The van der Waals surface area contributed by atoms with Gasteiger partial charge in [0.2, 0.25) is 5.91 Å². The van der Waals surface area contributed by atoms with Crippen molar-refractivity contribution in [2.45, 2.75) is 56.8 Å². The number of aromatic nitrogens is 2. The number of amides is 1. The molecule has 0 unspecified atom stereocenters. The van der Waals surface area contributed by atoms with Crippen molar-refractivity contribution in [3.8, 4) is 0 Å². The molecule has 0 radical (unpaired) electrons. The summed E-state index contributed by atoms with van der Waals surface area (Å²) in [7, 11) is 0. The summed E-state index contributed by atoms with van der Waals surface area (Å²) in [5.74, 6) is 1.16. The molecule has 1 amide bonds. The van der Waals surface area contributed by atoms with Crippen LogP contribution in [0.4, 0.5) is 0 Å². The predicted molar refractivity (Wildman–Crippen MR) is 91.1 cm³/mol. The van der Waals surface area contributed by atoms with E-state index < -0.39 is 0 Å². The number of carbonyl (C=O) groups is 1. The van der Waals surface area contributed by atoms with Crippen LogP contribution in [-0.2, 0) is 11.3 Å². The van der Waals surface area contributed by atoms with E-state index in [-0.39, 0.29) is 5.91 Å². The molecule has 1 aromatic heterocycles. The molecule has 1 fully saturated rings. The van der Waals surface area contributed by atoms with Crippen molar-refractivity contribution < 1.29 is 4.79 Å². The summed E-state index contributed by atoms with van der Waals surface area (Å²) < 4.78 is 2.06. The topological polar surface area (TPSA) is 46.9 Å². The minimum absolute atomic E-state index is 0.0982. The lowest BCUT2D eigenvalue weighted by molar-refractivity contribution is -0.121. The van der Waals surface area contributed by atoms with Crippen LogP contribution in [0.25, 0.3) is 11.0 Å². The second kappa shape index (κ2) is 7.18. The average molecular weight is 317 g/mol. The molecule has 1 aliphatic carbocycles. The summed E-state index contributed by atoms with van der Waals surface area (Å²) in [5.41, 5.74) is 2.02. The highest BCUT2D eigenvalue weighted by Gasteiger charge is 2.24. The van der Waals surface area contributed by atoms with Gasteiger partial charge in [0.1, 0.15) is 6.54 Å². The molecule has 4 nitrogen and oxygen atoms in total. The van der Waals surface area contributed by atoms with E-state index in [4.69, 9.17) is 4.98 Å². The number of hydrogen-bond acceptors (Lipinski definition) is 3. The lowest BCUT2D eigenvalue weighted by Crippen LogP contribution is -2.29. The molecule has 1 N–H and O–H groups in total. The van der Waals surface area contributed by atoms with Crippen molar-refractivity contribution in [3.63, 3.8) is 0 Å². The van der Waals surface area contributed by atoms with E-state index in [9.17, 15) is 4.79 Å². The smallest absolute Gasteiger partial charge is 0.240 e. The van der Waals surface area contributed by atoms with Gasteiger partial charge in [-0.05, 0) is 31.4 Å². The van der Waals surface area contributed by atoms with E-state index >= 15 is 0 Å². The van der Waals surface area contributed by atoms with Gasteiger partial charge in [-0.15, -0.1) is 0 Å². The first kappa shape index (κ1) is 15.4. The Morgan fingerprint density at radius 1 is 1.36 bits per heavy atom. The molecule has 0 atom stereocenters. The fourth-order valence-electron chi connectivity index (χ4n) is 2.48. The summed E-state index contributed by atoms with van der Waals surface area (Å²) in [6, 6.07) is 8.46. The van der Waals surface area contributed by atoms with E-state index in [0.717, 1.165) is 34.8 Å². The standard InChI is InChI=1S/C17H23N3OS/c1-2-3-6-11-22-17-19-14-7-4-5-8-15(14)20(17)12-16(21)18-13-9-10-13/h4-5,7-8,13H,2-3,6,9-12H2,1H3,(H,18,21). The SMILES string of the molecule is CCCCCSc1nc2ccccc2n1CC(=O)NC1CC1. The normalized spacial score (nSPS) is 14.4. The zero-order valence-electron chi connectivity index (χ0n) is 13.0. The molecule has 1 heterocycles. The van der Waals surface area contributed by atoms with Crippen LogP contribution in [0.3, 0.4) is 0 Å². The number of benzene rings is 1. The zero-order valence-corrected chi connectivity index (χ0v) is 13.9. The van der Waals surface area contributed by atoms with Crippen LogP contribution in [0.2, 0.25) is 0 Å². The van der Waals surface area contributed by atoms with E-state index in [1.807, 2.05) is 24.3 Å². The number of imidazole rings is 1. The van der Waals surface area contributed by atoms with Gasteiger partial charge in [-0.3, -0.25) is 4.79 Å². The van der Waals surface area contributed by atoms with Crippen LogP contribution in [0.15, 0.2) is 29.4 Å². The molecule has 0 bridgehead atoms. The molecule has 22 heavy (non-hydrogen) atoms. The van der Waals surface area contributed by atoms with Crippen LogP contribution < -0.4 is 5.32 Å². The van der Waals surface area contributed by atoms with Gasteiger partial charge in [-0.1, -0.05) is 43.7 Å². The highest BCUT2D eigenvalue weighted by Crippen LogP contribution is 2.25. The Bertz CT molecular complexity index is 648. The van der Waals surface area contributed by atoms with Crippen molar-refractivity contribution in [2.24, 2.45) is 0 Å². The minimum atomic E-state index is 0.0982. The molecule has 3 rings (SSSR count). The van der Waals surface area contributed by atoms with Crippen molar-refractivity contribution in [1.29, 1.82) is 0 Å². The third-order valence-electron chi connectivity index (χ3n) is 3.84. The molecule has 1 aromatic carbocycles. The van der Waals surface area contributed by atoms with E-state index in [1.165, 1.54) is 19.3 Å². The minimum Gasteiger partial charge on any atom is -0.352 e. The lowest BCUT2D eigenvalue weighted by atomic mass is 10.3. The maximum atomic E-state index is 12.2. The average Bonchev–Trinajstić information content (AvgIpc) is 3.26. The number of unbranched alkanes of at least 4 members (excludes halogenated alkanes) is 2. The second-order valence-corrected chi connectivity index (χ2v) is 6.93. The number of fused-ring (bicyclic) bond motifs is 1. The molecule has 2 aromatic rings. The van der Waals surface area contributed by atoms with Gasteiger partial charge < -0.3 is 9.88 Å². The molecule has 0 aliphatic heterocycles.